The van der Waals surface area contributed by atoms with Crippen molar-refractivity contribution in [3.05, 3.63) is 47.5 Å². The molecule has 3 N–H and O–H groups in total. The molecule has 0 aliphatic carbocycles. The average molecular weight is 401 g/mol. The van der Waals surface area contributed by atoms with E-state index in [-0.39, 0.29) is 0 Å². The first-order valence-corrected chi connectivity index (χ1v) is 10.0. The van der Waals surface area contributed by atoms with Crippen molar-refractivity contribution in [2.24, 2.45) is 5.73 Å². The highest BCUT2D eigenvalue weighted by atomic mass is 16.6. The number of esters is 1. The SMILES string of the molecule is COC(=O)[C@H](Cc1ccc2cc(CCCCN)ccc2c1)NC(=O)OC(C)(C)C. The van der Waals surface area contributed by atoms with Crippen molar-refractivity contribution in [2.75, 3.05) is 13.7 Å². The highest BCUT2D eigenvalue weighted by Crippen LogP contribution is 2.20. The van der Waals surface area contributed by atoms with Crippen LogP contribution >= 0.6 is 0 Å². The number of amides is 1. The van der Waals surface area contributed by atoms with Gasteiger partial charge in [0.1, 0.15) is 11.6 Å². The molecule has 6 nitrogen and oxygen atoms in total. The zero-order chi connectivity index (χ0) is 21.4. The topological polar surface area (TPSA) is 90.6 Å². The predicted molar refractivity (Wildman–Crippen MR) is 115 cm³/mol. The molecular weight excluding hydrogens is 368 g/mol. The summed E-state index contributed by atoms with van der Waals surface area (Å²) in [6.07, 6.45) is 2.79. The molecule has 29 heavy (non-hydrogen) atoms. The second-order valence-corrected chi connectivity index (χ2v) is 8.19. The maximum absolute atomic E-state index is 12.1. The zero-order valence-corrected chi connectivity index (χ0v) is 17.8. The maximum Gasteiger partial charge on any atom is 0.408 e. The summed E-state index contributed by atoms with van der Waals surface area (Å²) in [6, 6.07) is 11.6. The van der Waals surface area contributed by atoms with Gasteiger partial charge in [-0.05, 0) is 68.5 Å². The van der Waals surface area contributed by atoms with Crippen molar-refractivity contribution < 1.29 is 19.1 Å². The second-order valence-electron chi connectivity index (χ2n) is 8.19. The molecule has 2 rings (SSSR count). The Morgan fingerprint density at radius 1 is 1.03 bits per heavy atom. The Hall–Kier alpha value is -2.60. The molecule has 6 heteroatoms. The largest absolute Gasteiger partial charge is 0.467 e. The van der Waals surface area contributed by atoms with Gasteiger partial charge in [0.15, 0.2) is 0 Å². The van der Waals surface area contributed by atoms with Crippen molar-refractivity contribution in [3.8, 4) is 0 Å². The van der Waals surface area contributed by atoms with Crippen LogP contribution in [0.15, 0.2) is 36.4 Å². The third kappa shape index (κ3) is 7.38. The lowest BCUT2D eigenvalue weighted by molar-refractivity contribution is -0.143. The fraction of sp³-hybridized carbons (Fsp3) is 0.478. The molecule has 158 valence electrons. The van der Waals surface area contributed by atoms with E-state index in [1.807, 2.05) is 18.2 Å². The molecule has 0 unspecified atom stereocenters. The molecule has 0 aliphatic heterocycles. The normalized spacial score (nSPS) is 12.4. The van der Waals surface area contributed by atoms with Crippen LogP contribution in [0.3, 0.4) is 0 Å². The molecule has 2 aromatic carbocycles. The summed E-state index contributed by atoms with van der Waals surface area (Å²) in [5, 5.41) is 4.85. The lowest BCUT2D eigenvalue weighted by Gasteiger charge is -2.22. The van der Waals surface area contributed by atoms with Crippen LogP contribution in [0.4, 0.5) is 4.79 Å². The third-order valence-corrected chi connectivity index (χ3v) is 4.51. The minimum absolute atomic E-state index is 0.320. The highest BCUT2D eigenvalue weighted by molar-refractivity contribution is 5.85. The Morgan fingerprint density at radius 2 is 1.66 bits per heavy atom. The number of methoxy groups -OCH3 is 1. The first-order valence-electron chi connectivity index (χ1n) is 10.0. The fourth-order valence-corrected chi connectivity index (χ4v) is 3.12. The van der Waals surface area contributed by atoms with Gasteiger partial charge in [-0.1, -0.05) is 36.4 Å². The molecule has 0 aliphatic rings. The second kappa shape index (κ2) is 10.3. The standard InChI is InChI=1S/C23H32N2O4/c1-23(2,3)29-22(27)25-20(21(26)28-4)15-17-9-11-18-13-16(7-5-6-12-24)8-10-19(18)14-17/h8-11,13-14,20H,5-7,12,15,24H2,1-4H3,(H,25,27)/t20-/m0/s1. The van der Waals surface area contributed by atoms with Gasteiger partial charge in [-0.3, -0.25) is 0 Å². The lowest BCUT2D eigenvalue weighted by atomic mass is 9.99. The Labute approximate surface area is 172 Å². The number of carbonyl (C=O) groups is 2. The van der Waals surface area contributed by atoms with Crippen LogP contribution < -0.4 is 11.1 Å². The van der Waals surface area contributed by atoms with E-state index >= 15 is 0 Å². The fourth-order valence-electron chi connectivity index (χ4n) is 3.12. The van der Waals surface area contributed by atoms with Gasteiger partial charge >= 0.3 is 12.1 Å². The molecule has 0 saturated heterocycles. The number of benzene rings is 2. The molecule has 0 aromatic heterocycles. The minimum Gasteiger partial charge on any atom is -0.467 e. The summed E-state index contributed by atoms with van der Waals surface area (Å²) in [6.45, 7) is 6.03. The molecule has 0 saturated carbocycles. The van der Waals surface area contributed by atoms with Crippen LogP contribution in [0, 0.1) is 0 Å². The highest BCUT2D eigenvalue weighted by Gasteiger charge is 2.25. The number of nitrogens with one attached hydrogen (secondary N) is 1. The lowest BCUT2D eigenvalue weighted by Crippen LogP contribution is -2.45. The number of hydrogen-bond acceptors (Lipinski definition) is 5. The van der Waals surface area contributed by atoms with Crippen molar-refractivity contribution in [1.82, 2.24) is 5.32 Å². The maximum atomic E-state index is 12.1. The van der Waals surface area contributed by atoms with Gasteiger partial charge in [0.25, 0.3) is 0 Å². The molecule has 0 radical (unpaired) electrons. The molecule has 1 atom stereocenters. The number of alkyl carbamates (subject to hydrolysis) is 1. The van der Waals surface area contributed by atoms with E-state index < -0.39 is 23.7 Å². The molecule has 0 spiro atoms. The van der Waals surface area contributed by atoms with E-state index in [0.717, 1.165) is 42.1 Å². The van der Waals surface area contributed by atoms with Gasteiger partial charge < -0.3 is 20.5 Å². The van der Waals surface area contributed by atoms with Crippen LogP contribution in [-0.4, -0.2) is 37.4 Å². The van der Waals surface area contributed by atoms with Crippen molar-refractivity contribution >= 4 is 22.8 Å². The average Bonchev–Trinajstić information content (AvgIpc) is 2.65. The van der Waals surface area contributed by atoms with Crippen LogP contribution in [0.2, 0.25) is 0 Å². The van der Waals surface area contributed by atoms with Gasteiger partial charge in [0.2, 0.25) is 0 Å². The van der Waals surface area contributed by atoms with Crippen LogP contribution in [0.25, 0.3) is 10.8 Å². The number of aryl methyl sites for hydroxylation is 1. The third-order valence-electron chi connectivity index (χ3n) is 4.51. The number of hydrogen-bond donors (Lipinski definition) is 2. The van der Waals surface area contributed by atoms with E-state index in [2.05, 4.69) is 23.5 Å². The van der Waals surface area contributed by atoms with Crippen LogP contribution in [-0.2, 0) is 27.1 Å². The van der Waals surface area contributed by atoms with Crippen molar-refractivity contribution in [1.29, 1.82) is 0 Å². The van der Waals surface area contributed by atoms with E-state index in [1.165, 1.54) is 12.7 Å². The smallest absolute Gasteiger partial charge is 0.408 e. The van der Waals surface area contributed by atoms with Crippen LogP contribution in [0.1, 0.15) is 44.7 Å². The molecule has 0 heterocycles. The summed E-state index contributed by atoms with van der Waals surface area (Å²) in [5.41, 5.74) is 7.14. The van der Waals surface area contributed by atoms with Gasteiger partial charge in [-0.2, -0.15) is 0 Å². The monoisotopic (exact) mass is 400 g/mol. The van der Waals surface area contributed by atoms with E-state index in [9.17, 15) is 9.59 Å². The van der Waals surface area contributed by atoms with Crippen LogP contribution in [0.5, 0.6) is 0 Å². The number of fused-ring (bicyclic) bond motifs is 1. The molecular formula is C23H32N2O4. The van der Waals surface area contributed by atoms with Gasteiger partial charge in [0, 0.05) is 6.42 Å². The van der Waals surface area contributed by atoms with Gasteiger partial charge in [-0.15, -0.1) is 0 Å². The number of carbonyl (C=O) groups excluding carboxylic acids is 2. The van der Waals surface area contributed by atoms with Crippen molar-refractivity contribution in [3.63, 3.8) is 0 Å². The van der Waals surface area contributed by atoms with E-state index in [1.54, 1.807) is 20.8 Å². The molecule has 2 aromatic rings. The summed E-state index contributed by atoms with van der Waals surface area (Å²) in [7, 11) is 1.30. The number of nitrogens with two attached hydrogens (primary N) is 1. The predicted octanol–water partition coefficient (Wildman–Crippen LogP) is 3.73. The molecule has 0 fully saturated rings. The molecule has 1 amide bonds. The van der Waals surface area contributed by atoms with Gasteiger partial charge in [-0.25, -0.2) is 9.59 Å². The minimum atomic E-state index is -0.817. The zero-order valence-electron chi connectivity index (χ0n) is 17.8. The van der Waals surface area contributed by atoms with E-state index in [4.69, 9.17) is 15.2 Å². The van der Waals surface area contributed by atoms with Gasteiger partial charge in [0.05, 0.1) is 7.11 Å². The van der Waals surface area contributed by atoms with E-state index in [0.29, 0.717) is 6.42 Å². The Bertz CT molecular complexity index is 842. The quantitative estimate of drug-likeness (QED) is 0.520. The summed E-state index contributed by atoms with van der Waals surface area (Å²) < 4.78 is 10.1. The Kier molecular flexibility index (Phi) is 8.02. The molecule has 0 bridgehead atoms. The number of rotatable bonds is 8. The number of unbranched alkanes of at least 4 members (excludes halogenated alkanes) is 1. The summed E-state index contributed by atoms with van der Waals surface area (Å²) in [4.78, 5) is 24.2. The van der Waals surface area contributed by atoms with Crippen molar-refractivity contribution in [2.45, 2.75) is 58.1 Å². The first-order chi connectivity index (χ1) is 13.7. The summed E-state index contributed by atoms with van der Waals surface area (Å²) in [5.74, 6) is -0.508. The first kappa shape index (κ1) is 22.7. The Morgan fingerprint density at radius 3 is 2.24 bits per heavy atom. The Balaban J connectivity index is 2.12. The number of ether oxygens (including phenoxy) is 2. The summed E-state index contributed by atoms with van der Waals surface area (Å²) >= 11 is 0.